The number of thiocarbonyl (C=S) groups is 1. The monoisotopic (exact) mass is 1130 g/mol. The standard InChI is InChI=1S/C26H32N6OS.C15H23N5S2.C13H16BrNO.H3P/c1-30-15-17-32(18-16-30)22-11-7-20(8-12-22)28-26-29-25(27)24(34-26)23(33)19-5-9-21(10-6-19)31-13-3-2-4-14-31;1-3-22-14(16)18-15(21)17-12-4-6-13(7-5-12)20-10-8-19(2)9-11-20;14-10-13(16)11-4-6-12(7-5-11)15-8-2-1-3-9-15;/h5-12H,2-4,13-18,27H2,1H3,(H,28,29);4-7H,3,8-11H2,1-2H3,(H3,16,17,18,21);4-7H,1-3,8-10H2;1H3. The molecule has 4 fully saturated rings. The molecule has 4 aliphatic heterocycles. The molecule has 19 heteroatoms. The van der Waals surface area contributed by atoms with Gasteiger partial charge in [-0.1, -0.05) is 46.0 Å². The minimum absolute atomic E-state index is 0. The second-order valence-electron chi connectivity index (χ2n) is 18.4. The van der Waals surface area contributed by atoms with Crippen LogP contribution in [0.25, 0.3) is 0 Å². The number of ketones is 2. The maximum absolute atomic E-state index is 13.1. The molecule has 392 valence electrons. The smallest absolute Gasteiger partial charge is 0.206 e. The lowest BCUT2D eigenvalue weighted by Gasteiger charge is -2.34. The summed E-state index contributed by atoms with van der Waals surface area (Å²) in [6.45, 7) is 15.1. The molecule has 0 saturated carbocycles. The molecular weight excluding hydrogens is 1060 g/mol. The van der Waals surface area contributed by atoms with Gasteiger partial charge in [0.15, 0.2) is 21.2 Å². The maximum Gasteiger partial charge on any atom is 0.206 e. The number of nitrogens with two attached hydrogens (primary N) is 2. The molecule has 0 amide bonds. The van der Waals surface area contributed by atoms with Gasteiger partial charge in [0, 0.05) is 124 Å². The van der Waals surface area contributed by atoms with Gasteiger partial charge in [0.25, 0.3) is 0 Å². The third-order valence-corrected chi connectivity index (χ3v) is 15.6. The number of anilines is 8. The Morgan fingerprint density at radius 2 is 1.05 bits per heavy atom. The number of thiazole rings is 1. The first kappa shape index (κ1) is 57.5. The average Bonchev–Trinajstić information content (AvgIpc) is 3.79. The molecule has 4 aromatic carbocycles. The van der Waals surface area contributed by atoms with E-state index in [4.69, 9.17) is 23.7 Å². The number of thioether (sulfide) groups is 1. The molecule has 0 aliphatic carbocycles. The average molecular weight is 1130 g/mol. The number of alkyl halides is 1. The van der Waals surface area contributed by atoms with E-state index in [1.165, 1.54) is 84.4 Å². The molecule has 5 heterocycles. The summed E-state index contributed by atoms with van der Waals surface area (Å²) in [5, 5.41) is 8.31. The number of aromatic nitrogens is 1. The van der Waals surface area contributed by atoms with Crippen LogP contribution in [0.4, 0.5) is 45.1 Å². The number of aliphatic imine (C=N–C) groups is 1. The number of carbonyl (C=O) groups is 2. The Labute approximate surface area is 458 Å². The lowest BCUT2D eigenvalue weighted by atomic mass is 10.1. The Morgan fingerprint density at radius 3 is 1.49 bits per heavy atom. The highest BCUT2D eigenvalue weighted by atomic mass is 79.9. The van der Waals surface area contributed by atoms with Crippen LogP contribution < -0.4 is 41.7 Å². The predicted molar refractivity (Wildman–Crippen MR) is 326 cm³/mol. The van der Waals surface area contributed by atoms with Crippen LogP contribution in [0.5, 0.6) is 0 Å². The lowest BCUT2D eigenvalue weighted by molar-refractivity contribution is 0.102. The number of hydrogen-bond acceptors (Lipinski definition) is 14. The molecule has 73 heavy (non-hydrogen) atoms. The maximum atomic E-state index is 13.1. The SMILES string of the molecule is CCSC(N)=NC(=S)Nc1ccc(N2CCN(C)CC2)cc1.CN1CCN(c2ccc(Nc3nc(N)c(C(=O)c4ccc(N5CCCCC5)cc4)s3)cc2)CC1.O=C(CBr)c1ccc(N2CCCCC2)cc1.P. The second-order valence-corrected chi connectivity index (χ2v) is 21.7. The summed E-state index contributed by atoms with van der Waals surface area (Å²) in [5.74, 6) is 1.22. The number of piperidine rings is 2. The summed E-state index contributed by atoms with van der Waals surface area (Å²) in [6, 6.07) is 32.5. The molecule has 1 atom stereocenters. The summed E-state index contributed by atoms with van der Waals surface area (Å²) in [6.07, 6.45) is 7.66. The van der Waals surface area contributed by atoms with E-state index >= 15 is 0 Å². The van der Waals surface area contributed by atoms with Gasteiger partial charge in [0.05, 0.1) is 5.33 Å². The number of halogens is 1. The predicted octanol–water partition coefficient (Wildman–Crippen LogP) is 9.96. The minimum atomic E-state index is -0.0846. The van der Waals surface area contributed by atoms with Crippen molar-refractivity contribution in [2.75, 3.05) is 140 Å². The zero-order valence-electron chi connectivity index (χ0n) is 42.7. The van der Waals surface area contributed by atoms with Gasteiger partial charge in [-0.05, 0) is 168 Å². The molecule has 0 bridgehead atoms. The van der Waals surface area contributed by atoms with Gasteiger partial charge in [-0.2, -0.15) is 14.9 Å². The highest BCUT2D eigenvalue weighted by Crippen LogP contribution is 2.32. The number of benzene rings is 4. The quantitative estimate of drug-likeness (QED) is 0.0234. The van der Waals surface area contributed by atoms with Crippen molar-refractivity contribution in [3.8, 4) is 0 Å². The van der Waals surface area contributed by atoms with Crippen molar-refractivity contribution in [1.29, 1.82) is 0 Å². The first-order chi connectivity index (χ1) is 35.0. The summed E-state index contributed by atoms with van der Waals surface area (Å²) < 4.78 is 0. The molecule has 4 saturated heterocycles. The van der Waals surface area contributed by atoms with Crippen LogP contribution in [-0.4, -0.2) is 140 Å². The van der Waals surface area contributed by atoms with Gasteiger partial charge >= 0.3 is 0 Å². The Morgan fingerprint density at radius 1 is 0.644 bits per heavy atom. The Hall–Kier alpha value is -4.81. The van der Waals surface area contributed by atoms with Gasteiger partial charge in [-0.25, -0.2) is 4.98 Å². The summed E-state index contributed by atoms with van der Waals surface area (Å²) in [4.78, 5) is 47.8. The van der Waals surface area contributed by atoms with Crippen LogP contribution in [-0.2, 0) is 0 Å². The highest BCUT2D eigenvalue weighted by molar-refractivity contribution is 9.09. The van der Waals surface area contributed by atoms with E-state index in [2.05, 4.69) is 116 Å². The molecule has 9 rings (SSSR count). The molecule has 6 N–H and O–H groups in total. The topological polar surface area (TPSA) is 155 Å². The molecule has 4 aliphatic rings. The van der Waals surface area contributed by atoms with Gasteiger partial charge in [-0.15, -0.1) is 0 Å². The number of piperazine rings is 2. The number of nitrogens with zero attached hydrogens (tertiary/aromatic N) is 8. The summed E-state index contributed by atoms with van der Waals surface area (Å²) in [7, 11) is 4.32. The van der Waals surface area contributed by atoms with E-state index in [1.807, 2.05) is 67.6 Å². The number of Topliss-reactive ketones (excluding diaryl/α,β-unsaturated/α-hetero) is 1. The van der Waals surface area contributed by atoms with E-state index < -0.39 is 0 Å². The van der Waals surface area contributed by atoms with E-state index in [9.17, 15) is 9.59 Å². The number of hydrogen-bond donors (Lipinski definition) is 4. The number of nitrogens with one attached hydrogen (secondary N) is 2. The van der Waals surface area contributed by atoms with Crippen LogP contribution in [0.1, 0.15) is 71.0 Å². The Kier molecular flexibility index (Phi) is 23.1. The van der Waals surface area contributed by atoms with E-state index in [1.54, 1.807) is 0 Å². The number of carbonyl (C=O) groups excluding carboxylic acids is 2. The van der Waals surface area contributed by atoms with Gasteiger partial charge in [0.2, 0.25) is 5.78 Å². The van der Waals surface area contributed by atoms with E-state index in [0.717, 1.165) is 101 Å². The first-order valence-corrected chi connectivity index (χ1v) is 28.5. The summed E-state index contributed by atoms with van der Waals surface area (Å²) >= 11 is 11.2. The molecule has 1 unspecified atom stereocenters. The number of nitrogen functional groups attached to an aromatic ring is 1. The fraction of sp³-hybridized carbons (Fsp3) is 0.426. The third kappa shape index (κ3) is 17.4. The highest BCUT2D eigenvalue weighted by Gasteiger charge is 2.21. The third-order valence-electron chi connectivity index (χ3n) is 13.2. The van der Waals surface area contributed by atoms with Crippen molar-refractivity contribution in [3.63, 3.8) is 0 Å². The number of amidine groups is 1. The van der Waals surface area contributed by atoms with Crippen molar-refractivity contribution >= 4 is 128 Å². The van der Waals surface area contributed by atoms with Crippen molar-refractivity contribution in [3.05, 3.63) is 113 Å². The Bertz CT molecular complexity index is 2520. The van der Waals surface area contributed by atoms with Gasteiger partial charge in [-0.3, -0.25) is 9.59 Å². The second kappa shape index (κ2) is 29.3. The van der Waals surface area contributed by atoms with Crippen molar-refractivity contribution in [1.82, 2.24) is 14.8 Å². The van der Waals surface area contributed by atoms with Gasteiger partial charge < -0.3 is 51.5 Å². The zero-order valence-corrected chi connectivity index (χ0v) is 48.2. The van der Waals surface area contributed by atoms with Crippen LogP contribution in [0.2, 0.25) is 0 Å². The van der Waals surface area contributed by atoms with Crippen molar-refractivity contribution in [2.24, 2.45) is 10.7 Å². The normalized spacial score (nSPS) is 16.5. The lowest BCUT2D eigenvalue weighted by Crippen LogP contribution is -2.44. The number of rotatable bonds is 12. The van der Waals surface area contributed by atoms with Crippen molar-refractivity contribution in [2.45, 2.75) is 45.4 Å². The molecule has 1 aromatic heterocycles. The Balaban J connectivity index is 0.000000192. The largest absolute Gasteiger partial charge is 0.382 e. The minimum Gasteiger partial charge on any atom is -0.382 e. The fourth-order valence-electron chi connectivity index (χ4n) is 8.94. The summed E-state index contributed by atoms with van der Waals surface area (Å²) in [5.41, 5.74) is 20.1. The first-order valence-electron chi connectivity index (χ1n) is 25.2. The van der Waals surface area contributed by atoms with Gasteiger partial charge in [0.1, 0.15) is 10.7 Å². The van der Waals surface area contributed by atoms with Crippen LogP contribution in [0, 0.1) is 0 Å². The molecule has 0 radical (unpaired) electrons. The molecule has 14 nitrogen and oxygen atoms in total. The molecule has 5 aromatic rings. The molecule has 0 spiro atoms. The van der Waals surface area contributed by atoms with Crippen molar-refractivity contribution < 1.29 is 9.59 Å². The fourth-order valence-corrected chi connectivity index (χ4v) is 10.9. The number of likely N-dealkylation sites (N-methyl/N-ethyl adjacent to an activating group) is 2. The van der Waals surface area contributed by atoms with E-state index in [0.29, 0.717) is 31.2 Å². The van der Waals surface area contributed by atoms with Crippen LogP contribution in [0.3, 0.4) is 0 Å². The zero-order chi connectivity index (χ0) is 50.8. The van der Waals surface area contributed by atoms with Crippen LogP contribution >= 0.6 is 61.1 Å². The van der Waals surface area contributed by atoms with Crippen LogP contribution in [0.15, 0.2) is 102 Å². The van der Waals surface area contributed by atoms with E-state index in [-0.39, 0.29) is 27.3 Å². The molecular formula is C54H74BrN12O2PS3.